The number of rotatable bonds is 2. The van der Waals surface area contributed by atoms with E-state index in [1.165, 1.54) is 12.1 Å². The molecule has 2 atom stereocenters. The van der Waals surface area contributed by atoms with E-state index in [9.17, 15) is 9.50 Å². The zero-order valence-corrected chi connectivity index (χ0v) is 11.0. The molecule has 0 amide bonds. The van der Waals surface area contributed by atoms with Crippen LogP contribution < -0.4 is 10.6 Å². The van der Waals surface area contributed by atoms with Gasteiger partial charge in [-0.25, -0.2) is 4.39 Å². The Morgan fingerprint density at radius 3 is 2.83 bits per heavy atom. The second-order valence-corrected chi connectivity index (χ2v) is 5.51. The van der Waals surface area contributed by atoms with Crippen molar-refractivity contribution in [3.8, 4) is 0 Å². The fourth-order valence-corrected chi connectivity index (χ4v) is 2.60. The highest BCUT2D eigenvalue weighted by molar-refractivity contribution is 5.55. The molecule has 1 heterocycles. The van der Waals surface area contributed by atoms with Gasteiger partial charge in [0, 0.05) is 24.8 Å². The van der Waals surface area contributed by atoms with E-state index in [2.05, 4.69) is 4.90 Å². The van der Waals surface area contributed by atoms with E-state index in [-0.39, 0.29) is 11.9 Å². The molecule has 1 aromatic carbocycles. The fourth-order valence-electron chi connectivity index (χ4n) is 2.60. The third kappa shape index (κ3) is 2.82. The van der Waals surface area contributed by atoms with E-state index >= 15 is 0 Å². The van der Waals surface area contributed by atoms with Gasteiger partial charge in [0.05, 0.1) is 5.60 Å². The highest BCUT2D eigenvalue weighted by atomic mass is 19.1. The second kappa shape index (κ2) is 4.86. The molecule has 1 aromatic rings. The van der Waals surface area contributed by atoms with Gasteiger partial charge in [-0.15, -0.1) is 0 Å². The van der Waals surface area contributed by atoms with Crippen LogP contribution in [0.1, 0.15) is 38.3 Å². The first kappa shape index (κ1) is 13.3. The second-order valence-electron chi connectivity index (χ2n) is 5.51. The van der Waals surface area contributed by atoms with E-state index in [0.717, 1.165) is 30.6 Å². The summed E-state index contributed by atoms with van der Waals surface area (Å²) in [4.78, 5) is 2.10. The Hall–Kier alpha value is -1.13. The molecule has 3 nitrogen and oxygen atoms in total. The number of hydrogen-bond acceptors (Lipinski definition) is 3. The van der Waals surface area contributed by atoms with Crippen LogP contribution in [-0.4, -0.2) is 23.8 Å². The molecular weight excluding hydrogens is 231 g/mol. The fraction of sp³-hybridized carbons (Fsp3) is 0.571. The average molecular weight is 252 g/mol. The van der Waals surface area contributed by atoms with E-state index in [1.54, 1.807) is 6.07 Å². The van der Waals surface area contributed by atoms with Crippen LogP contribution >= 0.6 is 0 Å². The monoisotopic (exact) mass is 252 g/mol. The highest BCUT2D eigenvalue weighted by Gasteiger charge is 2.29. The van der Waals surface area contributed by atoms with E-state index in [1.807, 2.05) is 13.8 Å². The summed E-state index contributed by atoms with van der Waals surface area (Å²) in [5, 5.41) is 10.1. The van der Waals surface area contributed by atoms with Gasteiger partial charge in [0.2, 0.25) is 0 Å². The standard InChI is InChI=1S/C14H21FN2O/c1-10(16)12-8-11(15)4-5-13(12)17-7-3-6-14(2,18)9-17/h4-5,8,10,18H,3,6-7,9,16H2,1-2H3. The Kier molecular flexibility index (Phi) is 3.59. The lowest BCUT2D eigenvalue weighted by Gasteiger charge is -2.39. The molecule has 1 saturated heterocycles. The number of nitrogens with two attached hydrogens (primary N) is 1. The number of nitrogens with zero attached hydrogens (tertiary/aromatic N) is 1. The van der Waals surface area contributed by atoms with Crippen LogP contribution in [0.3, 0.4) is 0 Å². The maximum Gasteiger partial charge on any atom is 0.123 e. The summed E-state index contributed by atoms with van der Waals surface area (Å²) in [5.74, 6) is -0.269. The van der Waals surface area contributed by atoms with Crippen molar-refractivity contribution in [2.24, 2.45) is 5.73 Å². The number of piperidine rings is 1. The Morgan fingerprint density at radius 1 is 1.50 bits per heavy atom. The summed E-state index contributed by atoms with van der Waals surface area (Å²) in [5.41, 5.74) is 6.96. The molecule has 4 heteroatoms. The summed E-state index contributed by atoms with van der Waals surface area (Å²) in [7, 11) is 0. The molecule has 0 bridgehead atoms. The molecule has 1 aliphatic heterocycles. The number of hydrogen-bond donors (Lipinski definition) is 2. The summed E-state index contributed by atoms with van der Waals surface area (Å²) in [6.07, 6.45) is 1.74. The number of anilines is 1. The maximum absolute atomic E-state index is 13.3. The number of benzene rings is 1. The van der Waals surface area contributed by atoms with Gasteiger partial charge < -0.3 is 15.7 Å². The van der Waals surface area contributed by atoms with Gasteiger partial charge in [0.25, 0.3) is 0 Å². The van der Waals surface area contributed by atoms with Crippen molar-refractivity contribution in [3.05, 3.63) is 29.6 Å². The summed E-state index contributed by atoms with van der Waals surface area (Å²) >= 11 is 0. The average Bonchev–Trinajstić information content (AvgIpc) is 2.27. The highest BCUT2D eigenvalue weighted by Crippen LogP contribution is 2.31. The Bertz CT molecular complexity index is 432. The van der Waals surface area contributed by atoms with Gasteiger partial charge in [-0.3, -0.25) is 0 Å². The smallest absolute Gasteiger partial charge is 0.123 e. The predicted molar refractivity (Wildman–Crippen MR) is 71.1 cm³/mol. The van der Waals surface area contributed by atoms with Crippen molar-refractivity contribution in [2.45, 2.75) is 38.3 Å². The first-order valence-electron chi connectivity index (χ1n) is 6.41. The van der Waals surface area contributed by atoms with E-state index in [4.69, 9.17) is 5.73 Å². The van der Waals surface area contributed by atoms with Gasteiger partial charge in [0.1, 0.15) is 5.82 Å². The molecule has 2 unspecified atom stereocenters. The Labute approximate surface area is 107 Å². The molecule has 2 rings (SSSR count). The maximum atomic E-state index is 13.3. The molecule has 100 valence electrons. The van der Waals surface area contributed by atoms with Crippen molar-refractivity contribution in [3.63, 3.8) is 0 Å². The molecular formula is C14H21FN2O. The van der Waals surface area contributed by atoms with Crippen molar-refractivity contribution < 1.29 is 9.50 Å². The lowest BCUT2D eigenvalue weighted by atomic mass is 9.93. The molecule has 0 aromatic heterocycles. The molecule has 3 N–H and O–H groups in total. The Morgan fingerprint density at radius 2 is 2.22 bits per heavy atom. The number of β-amino-alcohol motifs (C(OH)–C–C–N with tert-alkyl or cyclic N) is 1. The Balaban J connectivity index is 2.32. The first-order chi connectivity index (χ1) is 8.39. The molecule has 0 saturated carbocycles. The van der Waals surface area contributed by atoms with Gasteiger partial charge in [-0.1, -0.05) is 0 Å². The van der Waals surface area contributed by atoms with E-state index < -0.39 is 5.60 Å². The van der Waals surface area contributed by atoms with Gasteiger partial charge in [-0.2, -0.15) is 0 Å². The van der Waals surface area contributed by atoms with Crippen LogP contribution in [0.15, 0.2) is 18.2 Å². The van der Waals surface area contributed by atoms with Crippen LogP contribution in [0.5, 0.6) is 0 Å². The minimum Gasteiger partial charge on any atom is -0.388 e. The zero-order chi connectivity index (χ0) is 13.3. The van der Waals surface area contributed by atoms with Crippen LogP contribution in [0.25, 0.3) is 0 Å². The number of halogens is 1. The molecule has 0 aliphatic carbocycles. The van der Waals surface area contributed by atoms with Crippen molar-refractivity contribution >= 4 is 5.69 Å². The van der Waals surface area contributed by atoms with Crippen LogP contribution in [-0.2, 0) is 0 Å². The van der Waals surface area contributed by atoms with Gasteiger partial charge in [0.15, 0.2) is 0 Å². The third-order valence-electron chi connectivity index (χ3n) is 3.50. The lowest BCUT2D eigenvalue weighted by molar-refractivity contribution is 0.0449. The van der Waals surface area contributed by atoms with Gasteiger partial charge >= 0.3 is 0 Å². The van der Waals surface area contributed by atoms with E-state index in [0.29, 0.717) is 6.54 Å². The molecule has 0 radical (unpaired) electrons. The molecule has 1 aliphatic rings. The third-order valence-corrected chi connectivity index (χ3v) is 3.50. The molecule has 0 spiro atoms. The quantitative estimate of drug-likeness (QED) is 0.848. The first-order valence-corrected chi connectivity index (χ1v) is 6.41. The van der Waals surface area contributed by atoms with Crippen LogP contribution in [0.4, 0.5) is 10.1 Å². The van der Waals surface area contributed by atoms with Crippen molar-refractivity contribution in [2.75, 3.05) is 18.0 Å². The molecule has 1 fully saturated rings. The van der Waals surface area contributed by atoms with Gasteiger partial charge in [-0.05, 0) is 50.5 Å². The normalized spacial score (nSPS) is 26.2. The van der Waals surface area contributed by atoms with Crippen LogP contribution in [0.2, 0.25) is 0 Å². The van der Waals surface area contributed by atoms with Crippen molar-refractivity contribution in [1.82, 2.24) is 0 Å². The minimum absolute atomic E-state index is 0.220. The lowest BCUT2D eigenvalue weighted by Crippen LogP contribution is -2.46. The minimum atomic E-state index is -0.679. The largest absolute Gasteiger partial charge is 0.388 e. The summed E-state index contributed by atoms with van der Waals surface area (Å²) < 4.78 is 13.3. The predicted octanol–water partition coefficient (Wildman–Crippen LogP) is 2.20. The zero-order valence-electron chi connectivity index (χ0n) is 11.0. The number of aliphatic hydroxyl groups is 1. The molecule has 18 heavy (non-hydrogen) atoms. The summed E-state index contributed by atoms with van der Waals surface area (Å²) in [6.45, 7) is 5.13. The van der Waals surface area contributed by atoms with Crippen molar-refractivity contribution in [1.29, 1.82) is 0 Å². The topological polar surface area (TPSA) is 49.5 Å². The summed E-state index contributed by atoms with van der Waals surface area (Å²) in [6, 6.07) is 4.48. The SMILES string of the molecule is CC(N)c1cc(F)ccc1N1CCCC(C)(O)C1. The van der Waals surface area contributed by atoms with Crippen LogP contribution in [0, 0.1) is 5.82 Å².